The van der Waals surface area contributed by atoms with E-state index in [9.17, 15) is 0 Å². The van der Waals surface area contributed by atoms with Crippen molar-refractivity contribution in [2.45, 2.75) is 6.54 Å². The first-order valence-corrected chi connectivity index (χ1v) is 6.63. The predicted molar refractivity (Wildman–Crippen MR) is 80.2 cm³/mol. The third kappa shape index (κ3) is 1.94. The maximum absolute atomic E-state index is 5.97. The second kappa shape index (κ2) is 4.56. The van der Waals surface area contributed by atoms with Gasteiger partial charge in [0.1, 0.15) is 5.82 Å². The Labute approximate surface area is 118 Å². The van der Waals surface area contributed by atoms with Crippen LogP contribution in [-0.4, -0.2) is 14.8 Å². The second-order valence-corrected chi connectivity index (χ2v) is 5.18. The highest BCUT2D eigenvalue weighted by molar-refractivity contribution is 14.1. The summed E-state index contributed by atoms with van der Waals surface area (Å²) in [7, 11) is 0. The van der Waals surface area contributed by atoms with Crippen LogP contribution in [-0.2, 0) is 6.54 Å². The van der Waals surface area contributed by atoms with Gasteiger partial charge in [0.15, 0.2) is 0 Å². The molecule has 3 aromatic rings. The molecular formula is C13H11IN4. The first-order valence-electron chi connectivity index (χ1n) is 5.55. The van der Waals surface area contributed by atoms with Crippen molar-refractivity contribution in [2.75, 3.05) is 5.73 Å². The molecule has 2 heterocycles. The van der Waals surface area contributed by atoms with E-state index in [1.165, 1.54) is 5.56 Å². The first-order chi connectivity index (χ1) is 8.75. The minimum absolute atomic E-state index is 0.665. The lowest BCUT2D eigenvalue weighted by Gasteiger charge is -2.07. The molecule has 0 bridgehead atoms. The van der Waals surface area contributed by atoms with Gasteiger partial charge < -0.3 is 5.73 Å². The quantitative estimate of drug-likeness (QED) is 0.723. The topological polar surface area (TPSA) is 56.7 Å². The maximum atomic E-state index is 5.97. The SMILES string of the molecule is Nc1c(I)cnn1Cc1ccnc2ccccc12. The molecule has 1 aromatic carbocycles. The lowest BCUT2D eigenvalue weighted by atomic mass is 10.1. The molecule has 0 saturated carbocycles. The standard InChI is InChI=1S/C13H11IN4/c14-11-7-17-18(13(11)15)8-9-5-6-16-12-4-2-1-3-10(9)12/h1-7H,8,15H2. The minimum atomic E-state index is 0.665. The highest BCUT2D eigenvalue weighted by Crippen LogP contribution is 2.20. The van der Waals surface area contributed by atoms with E-state index in [0.717, 1.165) is 14.5 Å². The molecule has 2 N–H and O–H groups in total. The Morgan fingerprint density at radius 1 is 1.22 bits per heavy atom. The van der Waals surface area contributed by atoms with Gasteiger partial charge in [0.05, 0.1) is 21.8 Å². The van der Waals surface area contributed by atoms with Crippen molar-refractivity contribution in [3.63, 3.8) is 0 Å². The molecule has 0 aliphatic carbocycles. The average Bonchev–Trinajstić information content (AvgIpc) is 2.71. The summed E-state index contributed by atoms with van der Waals surface area (Å²) in [4.78, 5) is 4.35. The van der Waals surface area contributed by atoms with E-state index in [-0.39, 0.29) is 0 Å². The van der Waals surface area contributed by atoms with Crippen LogP contribution in [0.15, 0.2) is 42.7 Å². The van der Waals surface area contributed by atoms with Crippen molar-refractivity contribution in [1.82, 2.24) is 14.8 Å². The number of nitrogen functional groups attached to an aromatic ring is 1. The number of pyridine rings is 1. The molecular weight excluding hydrogens is 339 g/mol. The molecule has 4 nitrogen and oxygen atoms in total. The number of anilines is 1. The Morgan fingerprint density at radius 3 is 2.83 bits per heavy atom. The summed E-state index contributed by atoms with van der Waals surface area (Å²) in [6.45, 7) is 0.665. The van der Waals surface area contributed by atoms with Crippen molar-refractivity contribution in [1.29, 1.82) is 0 Å². The van der Waals surface area contributed by atoms with Gasteiger partial charge in [0.2, 0.25) is 0 Å². The fourth-order valence-corrected chi connectivity index (χ4v) is 2.36. The van der Waals surface area contributed by atoms with Crippen LogP contribution in [0.1, 0.15) is 5.56 Å². The molecule has 3 rings (SSSR count). The molecule has 0 aliphatic heterocycles. The van der Waals surface area contributed by atoms with Crippen molar-refractivity contribution in [2.24, 2.45) is 0 Å². The van der Waals surface area contributed by atoms with E-state index in [4.69, 9.17) is 5.73 Å². The molecule has 0 unspecified atom stereocenters. The number of aromatic nitrogens is 3. The van der Waals surface area contributed by atoms with Crippen LogP contribution in [0, 0.1) is 3.57 Å². The predicted octanol–water partition coefficient (Wildman–Crippen LogP) is 2.67. The zero-order chi connectivity index (χ0) is 12.5. The van der Waals surface area contributed by atoms with E-state index in [1.807, 2.05) is 35.1 Å². The first kappa shape index (κ1) is 11.5. The Hall–Kier alpha value is -1.63. The second-order valence-electron chi connectivity index (χ2n) is 4.02. The lowest BCUT2D eigenvalue weighted by Crippen LogP contribution is -2.06. The average molecular weight is 350 g/mol. The van der Waals surface area contributed by atoms with E-state index < -0.39 is 0 Å². The van der Waals surface area contributed by atoms with Gasteiger partial charge in [0.25, 0.3) is 0 Å². The van der Waals surface area contributed by atoms with Crippen LogP contribution < -0.4 is 5.73 Å². The van der Waals surface area contributed by atoms with Gasteiger partial charge in [-0.25, -0.2) is 4.68 Å². The largest absolute Gasteiger partial charge is 0.383 e. The van der Waals surface area contributed by atoms with Crippen molar-refractivity contribution >= 4 is 39.3 Å². The van der Waals surface area contributed by atoms with Crippen LogP contribution in [0.4, 0.5) is 5.82 Å². The number of nitrogens with zero attached hydrogens (tertiary/aromatic N) is 3. The number of para-hydroxylation sites is 1. The van der Waals surface area contributed by atoms with Gasteiger partial charge in [-0.2, -0.15) is 5.10 Å². The summed E-state index contributed by atoms with van der Waals surface area (Å²) in [6, 6.07) is 10.1. The Bertz CT molecular complexity index is 700. The summed E-state index contributed by atoms with van der Waals surface area (Å²) < 4.78 is 2.79. The van der Waals surface area contributed by atoms with Crippen LogP contribution in [0.3, 0.4) is 0 Å². The third-order valence-corrected chi connectivity index (χ3v) is 3.72. The van der Waals surface area contributed by atoms with E-state index in [1.54, 1.807) is 6.20 Å². The lowest BCUT2D eigenvalue weighted by molar-refractivity contribution is 0.700. The normalized spacial score (nSPS) is 10.9. The van der Waals surface area contributed by atoms with Gasteiger partial charge in [-0.1, -0.05) is 18.2 Å². The van der Waals surface area contributed by atoms with Gasteiger partial charge in [-0.3, -0.25) is 4.98 Å². The smallest absolute Gasteiger partial charge is 0.135 e. The fraction of sp³-hybridized carbons (Fsp3) is 0.0769. The number of benzene rings is 1. The molecule has 2 aromatic heterocycles. The maximum Gasteiger partial charge on any atom is 0.135 e. The molecule has 0 fully saturated rings. The van der Waals surface area contributed by atoms with Crippen LogP contribution in [0.2, 0.25) is 0 Å². The Morgan fingerprint density at radius 2 is 2.06 bits per heavy atom. The Balaban J connectivity index is 2.08. The van der Waals surface area contributed by atoms with Crippen LogP contribution in [0.5, 0.6) is 0 Å². The fourth-order valence-electron chi connectivity index (χ4n) is 1.95. The number of hydrogen-bond donors (Lipinski definition) is 1. The number of hydrogen-bond acceptors (Lipinski definition) is 3. The van der Waals surface area contributed by atoms with Gasteiger partial charge in [-0.15, -0.1) is 0 Å². The summed E-state index contributed by atoms with van der Waals surface area (Å²) in [6.07, 6.45) is 3.60. The molecule has 0 saturated heterocycles. The van der Waals surface area contributed by atoms with Crippen molar-refractivity contribution < 1.29 is 0 Å². The number of fused-ring (bicyclic) bond motifs is 1. The van der Waals surface area contributed by atoms with Gasteiger partial charge in [-0.05, 0) is 40.3 Å². The van der Waals surface area contributed by atoms with Crippen molar-refractivity contribution in [3.8, 4) is 0 Å². The molecule has 0 spiro atoms. The summed E-state index contributed by atoms with van der Waals surface area (Å²) in [5.41, 5.74) is 8.14. The molecule has 0 radical (unpaired) electrons. The summed E-state index contributed by atoms with van der Waals surface area (Å²) >= 11 is 2.19. The third-order valence-electron chi connectivity index (χ3n) is 2.89. The highest BCUT2D eigenvalue weighted by atomic mass is 127. The minimum Gasteiger partial charge on any atom is -0.383 e. The van der Waals surface area contributed by atoms with E-state index >= 15 is 0 Å². The van der Waals surface area contributed by atoms with Crippen molar-refractivity contribution in [3.05, 3.63) is 51.9 Å². The van der Waals surface area contributed by atoms with Gasteiger partial charge >= 0.3 is 0 Å². The molecule has 5 heteroatoms. The zero-order valence-electron chi connectivity index (χ0n) is 9.55. The molecule has 0 amide bonds. The van der Waals surface area contributed by atoms with Gasteiger partial charge in [0, 0.05) is 11.6 Å². The van der Waals surface area contributed by atoms with E-state index in [2.05, 4.69) is 38.7 Å². The van der Waals surface area contributed by atoms with E-state index in [0.29, 0.717) is 12.4 Å². The molecule has 90 valence electrons. The van der Waals surface area contributed by atoms with Crippen LogP contribution in [0.25, 0.3) is 10.9 Å². The number of nitrogens with two attached hydrogens (primary N) is 1. The molecule has 0 atom stereocenters. The highest BCUT2D eigenvalue weighted by Gasteiger charge is 2.07. The summed E-state index contributed by atoms with van der Waals surface area (Å²) in [5.74, 6) is 0.705. The molecule has 0 aliphatic rings. The summed E-state index contributed by atoms with van der Waals surface area (Å²) in [5, 5.41) is 5.42. The molecule has 18 heavy (non-hydrogen) atoms. The number of halogens is 1. The monoisotopic (exact) mass is 350 g/mol. The Kier molecular flexibility index (Phi) is 2.91. The number of rotatable bonds is 2. The van der Waals surface area contributed by atoms with Crippen LogP contribution >= 0.6 is 22.6 Å². The zero-order valence-corrected chi connectivity index (χ0v) is 11.7.